The summed E-state index contributed by atoms with van der Waals surface area (Å²) in [6, 6.07) is 2.32. The van der Waals surface area contributed by atoms with Crippen LogP contribution < -0.4 is 11.1 Å². The molecule has 0 aromatic rings. The molecule has 0 aliphatic carbocycles. The van der Waals surface area contributed by atoms with Crippen LogP contribution in [0.1, 0.15) is 26.7 Å². The Labute approximate surface area is 96.6 Å². The number of primary amides is 1. The first-order valence-corrected chi connectivity index (χ1v) is 5.63. The lowest BCUT2D eigenvalue weighted by molar-refractivity contribution is 0.183. The molecule has 16 heavy (non-hydrogen) atoms. The van der Waals surface area contributed by atoms with Crippen LogP contribution in [0, 0.1) is 16.7 Å². The Balaban J connectivity index is 2.28. The van der Waals surface area contributed by atoms with Crippen LogP contribution in [0.4, 0.5) is 4.79 Å². The van der Waals surface area contributed by atoms with E-state index in [1.807, 2.05) is 13.8 Å². The highest BCUT2D eigenvalue weighted by Gasteiger charge is 2.23. The second-order valence-electron chi connectivity index (χ2n) is 4.98. The second kappa shape index (κ2) is 5.17. The molecule has 1 aliphatic rings. The average molecular weight is 224 g/mol. The van der Waals surface area contributed by atoms with Gasteiger partial charge in [0.1, 0.15) is 0 Å². The lowest BCUT2D eigenvalue weighted by atomic mass is 9.94. The summed E-state index contributed by atoms with van der Waals surface area (Å²) in [5.41, 5.74) is 4.87. The van der Waals surface area contributed by atoms with Crippen molar-refractivity contribution in [3.05, 3.63) is 0 Å². The van der Waals surface area contributed by atoms with Gasteiger partial charge in [0, 0.05) is 25.7 Å². The Hall–Kier alpha value is -1.28. The third-order valence-corrected chi connectivity index (χ3v) is 2.94. The van der Waals surface area contributed by atoms with E-state index in [4.69, 9.17) is 11.0 Å². The summed E-state index contributed by atoms with van der Waals surface area (Å²) in [5.74, 6) is 0. The van der Waals surface area contributed by atoms with Crippen LogP contribution in [-0.2, 0) is 0 Å². The summed E-state index contributed by atoms with van der Waals surface area (Å²) >= 11 is 0. The molecular weight excluding hydrogens is 204 g/mol. The molecule has 90 valence electrons. The molecule has 0 atom stereocenters. The van der Waals surface area contributed by atoms with E-state index in [2.05, 4.69) is 11.4 Å². The predicted molar refractivity (Wildman–Crippen MR) is 61.6 cm³/mol. The minimum Gasteiger partial charge on any atom is -0.351 e. The summed E-state index contributed by atoms with van der Waals surface area (Å²) in [7, 11) is 0. The fourth-order valence-electron chi connectivity index (χ4n) is 1.74. The fourth-order valence-corrected chi connectivity index (χ4v) is 1.74. The maximum absolute atomic E-state index is 10.9. The van der Waals surface area contributed by atoms with Gasteiger partial charge in [-0.25, -0.2) is 4.79 Å². The van der Waals surface area contributed by atoms with Crippen molar-refractivity contribution in [2.45, 2.75) is 32.7 Å². The largest absolute Gasteiger partial charge is 0.351 e. The first-order valence-electron chi connectivity index (χ1n) is 5.63. The number of likely N-dealkylation sites (tertiary alicyclic amines) is 1. The highest BCUT2D eigenvalue weighted by Crippen LogP contribution is 2.14. The fraction of sp³-hybridized carbons (Fsp3) is 0.818. The third-order valence-electron chi connectivity index (χ3n) is 2.94. The number of amides is 2. The number of nitrogens with zero attached hydrogens (tertiary/aromatic N) is 2. The van der Waals surface area contributed by atoms with Gasteiger partial charge in [0.25, 0.3) is 0 Å². The zero-order valence-electron chi connectivity index (χ0n) is 9.99. The molecule has 1 fully saturated rings. The van der Waals surface area contributed by atoms with Crippen molar-refractivity contribution in [1.29, 1.82) is 5.26 Å². The normalized spacial score (nSPS) is 18.2. The van der Waals surface area contributed by atoms with Gasteiger partial charge >= 0.3 is 6.03 Å². The van der Waals surface area contributed by atoms with E-state index in [1.165, 1.54) is 0 Å². The maximum atomic E-state index is 10.9. The van der Waals surface area contributed by atoms with Crippen molar-refractivity contribution in [3.63, 3.8) is 0 Å². The zero-order chi connectivity index (χ0) is 12.2. The first kappa shape index (κ1) is 12.8. The molecule has 3 N–H and O–H groups in total. The number of carbonyl (C=O) groups is 1. The molecule has 0 unspecified atom stereocenters. The number of piperidine rings is 1. The van der Waals surface area contributed by atoms with Crippen LogP contribution in [0.25, 0.3) is 0 Å². The molecule has 0 bridgehead atoms. The average Bonchev–Trinajstić information content (AvgIpc) is 2.27. The van der Waals surface area contributed by atoms with Crippen LogP contribution >= 0.6 is 0 Å². The molecular formula is C11H20N4O. The van der Waals surface area contributed by atoms with Crippen molar-refractivity contribution in [1.82, 2.24) is 10.2 Å². The molecule has 5 nitrogen and oxygen atoms in total. The highest BCUT2D eigenvalue weighted by molar-refractivity contribution is 5.72. The monoisotopic (exact) mass is 224 g/mol. The van der Waals surface area contributed by atoms with Crippen molar-refractivity contribution in [2.24, 2.45) is 11.1 Å². The maximum Gasteiger partial charge on any atom is 0.314 e. The topological polar surface area (TPSA) is 82.2 Å². The first-order chi connectivity index (χ1) is 7.44. The summed E-state index contributed by atoms with van der Waals surface area (Å²) < 4.78 is 0. The lowest BCUT2D eigenvalue weighted by Gasteiger charge is -2.32. The molecule has 0 spiro atoms. The Morgan fingerprint density at radius 3 is 2.56 bits per heavy atom. The Kier molecular flexibility index (Phi) is 4.13. The number of nitrogens with one attached hydrogen (secondary N) is 1. The van der Waals surface area contributed by atoms with Gasteiger partial charge in [-0.1, -0.05) is 0 Å². The molecule has 5 heteroatoms. The van der Waals surface area contributed by atoms with Gasteiger partial charge in [0.05, 0.1) is 11.5 Å². The van der Waals surface area contributed by atoms with Crippen LogP contribution in [0.2, 0.25) is 0 Å². The summed E-state index contributed by atoms with van der Waals surface area (Å²) in [6.07, 6.45) is 1.81. The number of nitrogens with two attached hydrogens (primary N) is 1. The molecule has 0 aromatic carbocycles. The molecule has 1 saturated heterocycles. The molecule has 1 aliphatic heterocycles. The van der Waals surface area contributed by atoms with Crippen LogP contribution in [0.3, 0.4) is 0 Å². The van der Waals surface area contributed by atoms with Crippen molar-refractivity contribution < 1.29 is 4.79 Å². The number of carbonyl (C=O) groups excluding carboxylic acids is 1. The Morgan fingerprint density at radius 2 is 2.12 bits per heavy atom. The van der Waals surface area contributed by atoms with E-state index >= 15 is 0 Å². The zero-order valence-corrected chi connectivity index (χ0v) is 9.99. The molecule has 1 heterocycles. The number of rotatable bonds is 3. The molecule has 1 rings (SSSR count). The third kappa shape index (κ3) is 3.70. The van der Waals surface area contributed by atoms with Gasteiger partial charge in [-0.05, 0) is 26.7 Å². The predicted octanol–water partition coefficient (Wildman–Crippen LogP) is 0.669. The number of hydrogen-bond donors (Lipinski definition) is 2. The van der Waals surface area contributed by atoms with E-state index in [0.29, 0.717) is 25.7 Å². The molecule has 0 saturated carbocycles. The number of urea groups is 1. The van der Waals surface area contributed by atoms with Gasteiger partial charge in [-0.15, -0.1) is 0 Å². The minimum absolute atomic E-state index is 0.333. The van der Waals surface area contributed by atoms with Gasteiger partial charge in [0.15, 0.2) is 0 Å². The lowest BCUT2D eigenvalue weighted by Crippen LogP contribution is -2.48. The van der Waals surface area contributed by atoms with Gasteiger partial charge < -0.3 is 16.0 Å². The van der Waals surface area contributed by atoms with Crippen molar-refractivity contribution in [3.8, 4) is 6.07 Å². The molecule has 2 amide bonds. The number of nitriles is 1. The summed E-state index contributed by atoms with van der Waals surface area (Å²) in [5, 5.41) is 12.2. The van der Waals surface area contributed by atoms with E-state index in [0.717, 1.165) is 12.8 Å². The molecule has 0 aromatic heterocycles. The van der Waals surface area contributed by atoms with E-state index in [9.17, 15) is 4.79 Å². The second-order valence-corrected chi connectivity index (χ2v) is 4.98. The van der Waals surface area contributed by atoms with Gasteiger partial charge in [-0.3, -0.25) is 0 Å². The quantitative estimate of drug-likeness (QED) is 0.739. The summed E-state index contributed by atoms with van der Waals surface area (Å²) in [4.78, 5) is 12.6. The standard InChI is InChI=1S/C11H20N4O/c1-11(2,7-12)8-14-9-3-5-15(6-4-9)10(13)16/h9,14H,3-6,8H2,1-2H3,(H2,13,16). The van der Waals surface area contributed by atoms with E-state index in [1.54, 1.807) is 4.90 Å². The smallest absolute Gasteiger partial charge is 0.314 e. The van der Waals surface area contributed by atoms with E-state index in [-0.39, 0.29) is 11.4 Å². The van der Waals surface area contributed by atoms with Crippen LogP contribution in [0.5, 0.6) is 0 Å². The van der Waals surface area contributed by atoms with Crippen LogP contribution in [0.15, 0.2) is 0 Å². The Bertz CT molecular complexity index is 287. The SMILES string of the molecule is CC(C)(C#N)CNC1CCN(C(N)=O)CC1. The highest BCUT2D eigenvalue weighted by atomic mass is 16.2. The van der Waals surface area contributed by atoms with Crippen molar-refractivity contribution >= 4 is 6.03 Å². The van der Waals surface area contributed by atoms with Gasteiger partial charge in [-0.2, -0.15) is 5.26 Å². The van der Waals surface area contributed by atoms with Crippen molar-refractivity contribution in [2.75, 3.05) is 19.6 Å². The minimum atomic E-state index is -0.337. The van der Waals surface area contributed by atoms with Crippen LogP contribution in [-0.4, -0.2) is 36.6 Å². The van der Waals surface area contributed by atoms with E-state index < -0.39 is 0 Å². The summed E-state index contributed by atoms with van der Waals surface area (Å²) in [6.45, 7) is 5.93. The Morgan fingerprint density at radius 1 is 1.56 bits per heavy atom. The van der Waals surface area contributed by atoms with Gasteiger partial charge in [0.2, 0.25) is 0 Å². The number of hydrogen-bond acceptors (Lipinski definition) is 3. The molecule has 0 radical (unpaired) electrons.